The highest BCUT2D eigenvalue weighted by atomic mass is 19.1. The Morgan fingerprint density at radius 2 is 1.85 bits per heavy atom. The Labute approximate surface area is 116 Å². The van der Waals surface area contributed by atoms with E-state index in [0.29, 0.717) is 23.7 Å². The highest BCUT2D eigenvalue weighted by Gasteiger charge is 2.08. The van der Waals surface area contributed by atoms with Crippen molar-refractivity contribution in [1.29, 1.82) is 0 Å². The Hall–Kier alpha value is -2.30. The molecule has 20 heavy (non-hydrogen) atoms. The molecule has 0 saturated carbocycles. The van der Waals surface area contributed by atoms with E-state index < -0.39 is 11.6 Å². The number of hydrogen-bond acceptors (Lipinski definition) is 3. The average Bonchev–Trinajstić information content (AvgIpc) is 2.35. The molecule has 106 valence electrons. The van der Waals surface area contributed by atoms with Gasteiger partial charge in [0.1, 0.15) is 17.4 Å². The van der Waals surface area contributed by atoms with E-state index in [0.717, 1.165) is 12.1 Å². The molecule has 0 atom stereocenters. The van der Waals surface area contributed by atoms with Crippen molar-refractivity contribution in [3.8, 4) is 5.75 Å². The molecule has 0 saturated heterocycles. The Kier molecular flexibility index (Phi) is 4.08. The molecule has 0 amide bonds. The van der Waals surface area contributed by atoms with Gasteiger partial charge < -0.3 is 15.8 Å². The second-order valence-corrected chi connectivity index (χ2v) is 4.43. The lowest BCUT2D eigenvalue weighted by atomic mass is 10.2. The van der Waals surface area contributed by atoms with Crippen LogP contribution in [0.3, 0.4) is 0 Å². The molecule has 3 nitrogen and oxygen atoms in total. The van der Waals surface area contributed by atoms with Crippen LogP contribution in [0.5, 0.6) is 5.75 Å². The fourth-order valence-electron chi connectivity index (χ4n) is 1.84. The first-order valence-electron chi connectivity index (χ1n) is 6.25. The second-order valence-electron chi connectivity index (χ2n) is 4.43. The van der Waals surface area contributed by atoms with Crippen molar-refractivity contribution in [3.05, 3.63) is 47.5 Å². The molecule has 0 heterocycles. The van der Waals surface area contributed by atoms with Crippen molar-refractivity contribution in [3.63, 3.8) is 0 Å². The van der Waals surface area contributed by atoms with Gasteiger partial charge in [0.05, 0.1) is 12.3 Å². The summed E-state index contributed by atoms with van der Waals surface area (Å²) in [6.45, 7) is 3.86. The number of anilines is 3. The van der Waals surface area contributed by atoms with E-state index in [1.807, 2.05) is 6.92 Å². The smallest absolute Gasteiger partial charge is 0.147 e. The van der Waals surface area contributed by atoms with Crippen molar-refractivity contribution >= 4 is 17.1 Å². The summed E-state index contributed by atoms with van der Waals surface area (Å²) in [6.07, 6.45) is 0. The van der Waals surface area contributed by atoms with E-state index >= 15 is 0 Å². The van der Waals surface area contributed by atoms with Crippen LogP contribution in [0.25, 0.3) is 0 Å². The molecule has 0 unspecified atom stereocenters. The zero-order chi connectivity index (χ0) is 14.7. The zero-order valence-corrected chi connectivity index (χ0v) is 11.3. The molecular weight excluding hydrogens is 262 g/mol. The molecule has 3 N–H and O–H groups in total. The quantitative estimate of drug-likeness (QED) is 0.831. The molecule has 0 radical (unpaired) electrons. The Balaban J connectivity index is 2.32. The minimum atomic E-state index is -0.524. The van der Waals surface area contributed by atoms with Crippen LogP contribution in [-0.4, -0.2) is 6.61 Å². The first-order valence-corrected chi connectivity index (χ1v) is 6.25. The molecule has 2 rings (SSSR count). The summed E-state index contributed by atoms with van der Waals surface area (Å²) in [5.41, 5.74) is 7.08. The van der Waals surface area contributed by atoms with E-state index in [1.54, 1.807) is 18.2 Å². The summed E-state index contributed by atoms with van der Waals surface area (Å²) < 4.78 is 32.6. The number of nitrogens with two attached hydrogens (primary N) is 1. The van der Waals surface area contributed by atoms with Gasteiger partial charge in [-0.2, -0.15) is 0 Å². The number of benzene rings is 2. The minimum absolute atomic E-state index is 0.0566. The number of rotatable bonds is 4. The molecule has 2 aromatic rings. The van der Waals surface area contributed by atoms with Crippen LogP contribution in [0.15, 0.2) is 30.3 Å². The second kappa shape index (κ2) is 5.77. The fourth-order valence-corrected chi connectivity index (χ4v) is 1.84. The van der Waals surface area contributed by atoms with E-state index in [2.05, 4.69) is 5.32 Å². The molecule has 0 spiro atoms. The Morgan fingerprint density at radius 3 is 2.55 bits per heavy atom. The van der Waals surface area contributed by atoms with Gasteiger partial charge in [-0.1, -0.05) is 0 Å². The first kappa shape index (κ1) is 14.1. The molecule has 0 fully saturated rings. The van der Waals surface area contributed by atoms with Crippen LogP contribution < -0.4 is 15.8 Å². The SMILES string of the molecule is CCOc1cc(N)cc(Nc2cc(F)c(C)cc2F)c1. The van der Waals surface area contributed by atoms with Gasteiger partial charge in [0, 0.05) is 29.6 Å². The van der Waals surface area contributed by atoms with Crippen LogP contribution in [-0.2, 0) is 0 Å². The summed E-state index contributed by atoms with van der Waals surface area (Å²) in [5.74, 6) is -0.421. The predicted molar refractivity (Wildman–Crippen MR) is 76.4 cm³/mol. The van der Waals surface area contributed by atoms with Crippen LogP contribution in [0.2, 0.25) is 0 Å². The maximum Gasteiger partial charge on any atom is 0.147 e. The number of hydrogen-bond donors (Lipinski definition) is 2. The van der Waals surface area contributed by atoms with Crippen LogP contribution in [0, 0.1) is 18.6 Å². The van der Waals surface area contributed by atoms with E-state index in [4.69, 9.17) is 10.5 Å². The highest BCUT2D eigenvalue weighted by molar-refractivity contribution is 5.66. The Bertz CT molecular complexity index is 630. The third kappa shape index (κ3) is 3.17. The van der Waals surface area contributed by atoms with E-state index in [9.17, 15) is 8.78 Å². The predicted octanol–water partition coefficient (Wildman–Crippen LogP) is 4.00. The van der Waals surface area contributed by atoms with Gasteiger partial charge in [-0.25, -0.2) is 8.78 Å². The maximum atomic E-state index is 13.8. The molecule has 0 aliphatic carbocycles. The van der Waals surface area contributed by atoms with Gasteiger partial charge in [-0.05, 0) is 31.5 Å². The van der Waals surface area contributed by atoms with Crippen LogP contribution in [0.4, 0.5) is 25.8 Å². The third-order valence-electron chi connectivity index (χ3n) is 2.77. The number of ether oxygens (including phenoxy) is 1. The fraction of sp³-hybridized carbons (Fsp3) is 0.200. The molecule has 0 aromatic heterocycles. The van der Waals surface area contributed by atoms with Crippen molar-refractivity contribution in [1.82, 2.24) is 0 Å². The minimum Gasteiger partial charge on any atom is -0.494 e. The number of halogens is 2. The number of aryl methyl sites for hydroxylation is 1. The van der Waals surface area contributed by atoms with Crippen molar-refractivity contribution in [2.75, 3.05) is 17.7 Å². The van der Waals surface area contributed by atoms with Crippen molar-refractivity contribution in [2.24, 2.45) is 0 Å². The molecule has 0 bridgehead atoms. The molecule has 0 aliphatic heterocycles. The van der Waals surface area contributed by atoms with E-state index in [1.165, 1.54) is 6.92 Å². The molecule has 2 aromatic carbocycles. The van der Waals surface area contributed by atoms with Gasteiger partial charge >= 0.3 is 0 Å². The molecular formula is C15H16F2N2O. The number of nitrogen functional groups attached to an aromatic ring is 1. The van der Waals surface area contributed by atoms with E-state index in [-0.39, 0.29) is 11.3 Å². The van der Waals surface area contributed by atoms with Crippen molar-refractivity contribution < 1.29 is 13.5 Å². The summed E-state index contributed by atoms with van der Waals surface area (Å²) in [5, 5.41) is 2.80. The molecule has 5 heteroatoms. The summed E-state index contributed by atoms with van der Waals surface area (Å²) in [7, 11) is 0. The number of nitrogens with one attached hydrogen (secondary N) is 1. The first-order chi connectivity index (χ1) is 9.49. The van der Waals surface area contributed by atoms with Gasteiger partial charge in [0.15, 0.2) is 0 Å². The molecule has 0 aliphatic rings. The lowest BCUT2D eigenvalue weighted by Crippen LogP contribution is -1.99. The van der Waals surface area contributed by atoms with Gasteiger partial charge in [0.2, 0.25) is 0 Å². The monoisotopic (exact) mass is 278 g/mol. The zero-order valence-electron chi connectivity index (χ0n) is 11.3. The lowest BCUT2D eigenvalue weighted by Gasteiger charge is -2.12. The highest BCUT2D eigenvalue weighted by Crippen LogP contribution is 2.27. The van der Waals surface area contributed by atoms with Gasteiger partial charge in [-0.15, -0.1) is 0 Å². The Morgan fingerprint density at radius 1 is 1.10 bits per heavy atom. The summed E-state index contributed by atoms with van der Waals surface area (Å²) >= 11 is 0. The maximum absolute atomic E-state index is 13.8. The lowest BCUT2D eigenvalue weighted by molar-refractivity contribution is 0.340. The van der Waals surface area contributed by atoms with Crippen molar-refractivity contribution in [2.45, 2.75) is 13.8 Å². The topological polar surface area (TPSA) is 47.3 Å². The summed E-state index contributed by atoms with van der Waals surface area (Å²) in [4.78, 5) is 0. The van der Waals surface area contributed by atoms with Crippen LogP contribution in [0.1, 0.15) is 12.5 Å². The van der Waals surface area contributed by atoms with Gasteiger partial charge in [-0.3, -0.25) is 0 Å². The standard InChI is InChI=1S/C15H16F2N2O/c1-3-20-12-6-10(18)5-11(7-12)19-15-8-13(16)9(2)4-14(15)17/h4-8,19H,3,18H2,1-2H3. The normalized spacial score (nSPS) is 10.4. The average molecular weight is 278 g/mol. The summed E-state index contributed by atoms with van der Waals surface area (Å²) in [6, 6.07) is 7.24. The largest absolute Gasteiger partial charge is 0.494 e. The third-order valence-corrected chi connectivity index (χ3v) is 2.77. The van der Waals surface area contributed by atoms with Crippen LogP contribution >= 0.6 is 0 Å². The van der Waals surface area contributed by atoms with Gasteiger partial charge in [0.25, 0.3) is 0 Å².